The molecule has 1 atom stereocenters. The fourth-order valence-corrected chi connectivity index (χ4v) is 3.79. The molecule has 0 aromatic rings. The Morgan fingerprint density at radius 3 is 2.04 bits per heavy atom. The summed E-state index contributed by atoms with van der Waals surface area (Å²) < 4.78 is 30.5. The molecule has 5 nitrogen and oxygen atoms in total. The van der Waals surface area contributed by atoms with Crippen molar-refractivity contribution in [2.75, 3.05) is 12.9 Å². The van der Waals surface area contributed by atoms with Gasteiger partial charge in [-0.2, -0.15) is 0 Å². The van der Waals surface area contributed by atoms with E-state index in [1.807, 2.05) is 0 Å². The van der Waals surface area contributed by atoms with Gasteiger partial charge in [-0.3, -0.25) is 0 Å². The third-order valence-electron chi connectivity index (χ3n) is 4.33. The van der Waals surface area contributed by atoms with Gasteiger partial charge in [0.05, 0.1) is 17.9 Å². The lowest BCUT2D eigenvalue weighted by Crippen LogP contribution is -2.37. The SMILES string of the molecule is CCCCCCCCCCCCC(NS(C)(=O)=O)C1=CCOC1=O. The van der Waals surface area contributed by atoms with Gasteiger partial charge in [-0.15, -0.1) is 0 Å². The Morgan fingerprint density at radius 1 is 1.04 bits per heavy atom. The van der Waals surface area contributed by atoms with Crippen LogP contribution in [0.3, 0.4) is 0 Å². The van der Waals surface area contributed by atoms with Crippen molar-refractivity contribution in [3.63, 3.8) is 0 Å². The van der Waals surface area contributed by atoms with Crippen LogP contribution in [0.5, 0.6) is 0 Å². The summed E-state index contributed by atoms with van der Waals surface area (Å²) in [6, 6.07) is -0.455. The minimum absolute atomic E-state index is 0.244. The van der Waals surface area contributed by atoms with Gasteiger partial charge in [0.25, 0.3) is 0 Å². The molecule has 0 saturated heterocycles. The van der Waals surface area contributed by atoms with Crippen LogP contribution < -0.4 is 4.72 Å². The highest BCUT2D eigenvalue weighted by molar-refractivity contribution is 7.88. The smallest absolute Gasteiger partial charge is 0.335 e. The number of carbonyl (C=O) groups excluding carboxylic acids is 1. The number of nitrogens with one attached hydrogen (secondary N) is 1. The predicted molar refractivity (Wildman–Crippen MR) is 97.3 cm³/mol. The molecule has 1 aliphatic rings. The highest BCUT2D eigenvalue weighted by atomic mass is 32.2. The summed E-state index contributed by atoms with van der Waals surface area (Å²) in [5, 5.41) is 0. The van der Waals surface area contributed by atoms with Crippen molar-refractivity contribution in [1.29, 1.82) is 0 Å². The minimum atomic E-state index is -3.35. The summed E-state index contributed by atoms with van der Waals surface area (Å²) in [6.07, 6.45) is 15.7. The first-order valence-corrected chi connectivity index (χ1v) is 11.2. The number of hydrogen-bond donors (Lipinski definition) is 1. The molecule has 0 amide bonds. The first kappa shape index (κ1) is 21.2. The average molecular weight is 360 g/mol. The first-order valence-electron chi connectivity index (χ1n) is 9.28. The summed E-state index contributed by atoms with van der Waals surface area (Å²) in [6.45, 7) is 2.47. The fraction of sp³-hybridized carbons (Fsp3) is 0.833. The van der Waals surface area contributed by atoms with E-state index in [0.29, 0.717) is 12.0 Å². The number of ether oxygens (including phenoxy) is 1. The largest absolute Gasteiger partial charge is 0.458 e. The molecular formula is C18H33NO4S. The van der Waals surface area contributed by atoms with Crippen LogP contribution in [0.2, 0.25) is 0 Å². The van der Waals surface area contributed by atoms with Crippen molar-refractivity contribution in [3.8, 4) is 0 Å². The van der Waals surface area contributed by atoms with Crippen molar-refractivity contribution in [3.05, 3.63) is 11.6 Å². The number of esters is 1. The summed E-state index contributed by atoms with van der Waals surface area (Å²) in [4.78, 5) is 11.7. The molecule has 140 valence electrons. The minimum Gasteiger partial charge on any atom is -0.458 e. The second-order valence-electron chi connectivity index (χ2n) is 6.67. The number of rotatable bonds is 14. The van der Waals surface area contributed by atoms with Crippen molar-refractivity contribution in [1.82, 2.24) is 4.72 Å². The Balaban J connectivity index is 2.20. The Bertz CT molecular complexity index is 499. The molecule has 0 radical (unpaired) electrons. The van der Waals surface area contributed by atoms with Crippen molar-refractivity contribution in [2.45, 2.75) is 83.6 Å². The molecule has 0 bridgehead atoms. The second-order valence-corrected chi connectivity index (χ2v) is 8.45. The van der Waals surface area contributed by atoms with Crippen molar-refractivity contribution >= 4 is 16.0 Å². The molecular weight excluding hydrogens is 326 g/mol. The number of hydrogen-bond acceptors (Lipinski definition) is 4. The summed E-state index contributed by atoms with van der Waals surface area (Å²) >= 11 is 0. The zero-order valence-corrected chi connectivity index (χ0v) is 16.0. The van der Waals surface area contributed by atoms with Gasteiger partial charge in [-0.05, 0) is 12.5 Å². The lowest BCUT2D eigenvalue weighted by Gasteiger charge is -2.17. The summed E-state index contributed by atoms with van der Waals surface area (Å²) in [7, 11) is -3.35. The molecule has 1 rings (SSSR count). The highest BCUT2D eigenvalue weighted by Crippen LogP contribution is 2.19. The van der Waals surface area contributed by atoms with E-state index >= 15 is 0 Å². The molecule has 6 heteroatoms. The lowest BCUT2D eigenvalue weighted by atomic mass is 10.0. The molecule has 1 N–H and O–H groups in total. The molecule has 1 unspecified atom stereocenters. The number of unbranched alkanes of at least 4 members (excludes halogenated alkanes) is 9. The van der Waals surface area contributed by atoms with E-state index in [-0.39, 0.29) is 6.61 Å². The van der Waals surface area contributed by atoms with Gasteiger partial charge < -0.3 is 4.74 Å². The molecule has 1 aliphatic heterocycles. The molecule has 0 fully saturated rings. The van der Waals surface area contributed by atoms with Gasteiger partial charge in [0.15, 0.2) is 0 Å². The van der Waals surface area contributed by atoms with E-state index in [2.05, 4.69) is 11.6 Å². The number of cyclic esters (lactones) is 1. The van der Waals surface area contributed by atoms with Gasteiger partial charge in [-0.1, -0.05) is 71.1 Å². The molecule has 0 aromatic heterocycles. The van der Waals surface area contributed by atoms with Crippen LogP contribution in [0.15, 0.2) is 11.6 Å². The maximum absolute atomic E-state index is 11.7. The standard InChI is InChI=1S/C18H33NO4S/c1-3-4-5-6-7-8-9-10-11-12-13-17(19-24(2,21)22)16-14-15-23-18(16)20/h14,17,19H,3-13,15H2,1-2H3. The Hall–Kier alpha value is -0.880. The van der Waals surface area contributed by atoms with E-state index in [1.54, 1.807) is 6.08 Å². The van der Waals surface area contributed by atoms with E-state index in [4.69, 9.17) is 4.74 Å². The van der Waals surface area contributed by atoms with E-state index in [1.165, 1.54) is 51.4 Å². The van der Waals surface area contributed by atoms with Crippen LogP contribution in [0.4, 0.5) is 0 Å². The number of carbonyl (C=O) groups is 1. The van der Waals surface area contributed by atoms with Gasteiger partial charge in [0.1, 0.15) is 6.61 Å². The maximum Gasteiger partial charge on any atom is 0.335 e. The summed E-state index contributed by atoms with van der Waals surface area (Å²) in [5.74, 6) is -0.400. The van der Waals surface area contributed by atoms with E-state index in [9.17, 15) is 13.2 Å². The molecule has 24 heavy (non-hydrogen) atoms. The first-order chi connectivity index (χ1) is 11.4. The predicted octanol–water partition coefficient (Wildman–Crippen LogP) is 3.70. The van der Waals surface area contributed by atoms with Crippen LogP contribution in [-0.4, -0.2) is 33.3 Å². The van der Waals surface area contributed by atoms with Crippen LogP contribution in [-0.2, 0) is 19.6 Å². The second kappa shape index (κ2) is 11.6. The molecule has 0 spiro atoms. The van der Waals surface area contributed by atoms with Crippen LogP contribution >= 0.6 is 0 Å². The average Bonchev–Trinajstić information content (AvgIpc) is 2.93. The zero-order valence-electron chi connectivity index (χ0n) is 15.2. The lowest BCUT2D eigenvalue weighted by molar-refractivity contribution is -0.136. The highest BCUT2D eigenvalue weighted by Gasteiger charge is 2.27. The molecule has 0 aliphatic carbocycles. The van der Waals surface area contributed by atoms with Crippen LogP contribution in [0.25, 0.3) is 0 Å². The van der Waals surface area contributed by atoms with Gasteiger partial charge in [0.2, 0.25) is 10.0 Å². The zero-order chi connectivity index (χ0) is 17.8. The third kappa shape index (κ3) is 9.42. The Labute approximate surface area is 147 Å². The fourth-order valence-electron chi connectivity index (χ4n) is 3.03. The third-order valence-corrected chi connectivity index (χ3v) is 5.04. The van der Waals surface area contributed by atoms with Gasteiger partial charge >= 0.3 is 5.97 Å². The normalized spacial score (nSPS) is 16.1. The van der Waals surface area contributed by atoms with Crippen LogP contribution in [0, 0.1) is 0 Å². The molecule has 0 saturated carbocycles. The van der Waals surface area contributed by atoms with E-state index in [0.717, 1.165) is 19.1 Å². The van der Waals surface area contributed by atoms with Crippen LogP contribution in [0.1, 0.15) is 77.6 Å². The maximum atomic E-state index is 11.7. The van der Waals surface area contributed by atoms with Crippen molar-refractivity contribution < 1.29 is 17.9 Å². The monoisotopic (exact) mass is 359 g/mol. The Morgan fingerprint density at radius 2 is 1.58 bits per heavy atom. The molecule has 0 aromatic carbocycles. The van der Waals surface area contributed by atoms with Gasteiger partial charge in [0, 0.05) is 0 Å². The Kier molecular flexibility index (Phi) is 10.3. The quantitative estimate of drug-likeness (QED) is 0.379. The van der Waals surface area contributed by atoms with E-state index < -0.39 is 22.0 Å². The number of sulfonamides is 1. The topological polar surface area (TPSA) is 72.5 Å². The molecule has 1 heterocycles. The summed E-state index contributed by atoms with van der Waals surface area (Å²) in [5.41, 5.74) is 0.455. The van der Waals surface area contributed by atoms with Crippen molar-refractivity contribution in [2.24, 2.45) is 0 Å². The van der Waals surface area contributed by atoms with Gasteiger partial charge in [-0.25, -0.2) is 17.9 Å².